The van der Waals surface area contributed by atoms with E-state index in [1.54, 1.807) is 11.8 Å². The highest BCUT2D eigenvalue weighted by Crippen LogP contribution is 2.38. The van der Waals surface area contributed by atoms with Gasteiger partial charge in [0.25, 0.3) is 5.91 Å². The van der Waals surface area contributed by atoms with Gasteiger partial charge in [-0.2, -0.15) is 8.78 Å². The number of likely N-dealkylation sites (tertiary alicyclic amines) is 1. The molecule has 3 heterocycles. The normalized spacial score (nSPS) is 19.9. The van der Waals surface area contributed by atoms with Crippen LogP contribution in [0.15, 0.2) is 6.07 Å². The summed E-state index contributed by atoms with van der Waals surface area (Å²) < 4.78 is 29.4. The molecule has 8 heteroatoms. The van der Waals surface area contributed by atoms with E-state index in [1.807, 2.05) is 0 Å². The van der Waals surface area contributed by atoms with Gasteiger partial charge < -0.3 is 15.0 Å². The number of halogens is 3. The maximum Gasteiger partial charge on any atom is 0.387 e. The van der Waals surface area contributed by atoms with Crippen LogP contribution in [0, 0.1) is 12.3 Å². The van der Waals surface area contributed by atoms with Crippen LogP contribution in [0.5, 0.6) is 5.75 Å². The number of ether oxygens (including phenoxy) is 1. The van der Waals surface area contributed by atoms with Gasteiger partial charge in [0.1, 0.15) is 10.6 Å². The summed E-state index contributed by atoms with van der Waals surface area (Å²) >= 11 is 1.22. The van der Waals surface area contributed by atoms with Crippen molar-refractivity contribution in [3.63, 3.8) is 0 Å². The number of carbonyl (C=O) groups excluding carboxylic acids is 1. The lowest BCUT2D eigenvalue weighted by molar-refractivity contribution is -0.0499. The molecule has 1 aromatic rings. The number of amides is 1. The summed E-state index contributed by atoms with van der Waals surface area (Å²) in [5.74, 6) is -0.181. The number of thiophene rings is 1. The molecule has 2 aliphatic heterocycles. The van der Waals surface area contributed by atoms with Crippen LogP contribution in [0.2, 0.25) is 0 Å². The molecule has 0 bridgehead atoms. The smallest absolute Gasteiger partial charge is 0.387 e. The summed E-state index contributed by atoms with van der Waals surface area (Å²) in [7, 11) is 0. The van der Waals surface area contributed by atoms with Crippen molar-refractivity contribution in [2.75, 3.05) is 26.2 Å². The number of alkyl halides is 2. The van der Waals surface area contributed by atoms with E-state index in [9.17, 15) is 13.6 Å². The lowest BCUT2D eigenvalue weighted by Gasteiger charge is -2.38. The Kier molecular flexibility index (Phi) is 5.86. The summed E-state index contributed by atoms with van der Waals surface area (Å²) in [5.41, 5.74) is 0.324. The Bertz CT molecular complexity index is 552. The maximum atomic E-state index is 12.6. The van der Waals surface area contributed by atoms with Gasteiger partial charge in [-0.25, -0.2) is 0 Å². The first-order valence-corrected chi connectivity index (χ1v) is 8.36. The van der Waals surface area contributed by atoms with E-state index in [0.717, 1.165) is 37.2 Å². The monoisotopic (exact) mass is 366 g/mol. The first-order chi connectivity index (χ1) is 10.5. The van der Waals surface area contributed by atoms with Crippen LogP contribution in [-0.4, -0.2) is 43.6 Å². The van der Waals surface area contributed by atoms with Gasteiger partial charge in [0.15, 0.2) is 0 Å². The van der Waals surface area contributed by atoms with Crippen molar-refractivity contribution in [2.24, 2.45) is 5.41 Å². The van der Waals surface area contributed by atoms with Crippen molar-refractivity contribution in [3.8, 4) is 5.75 Å². The number of carbonyl (C=O) groups is 1. The molecule has 130 valence electrons. The summed E-state index contributed by atoms with van der Waals surface area (Å²) in [6, 6.07) is 1.51. The quantitative estimate of drug-likeness (QED) is 0.892. The Hall–Kier alpha value is -0.920. The van der Waals surface area contributed by atoms with Gasteiger partial charge in [-0.1, -0.05) is 0 Å². The number of aryl methyl sites for hydroxylation is 1. The van der Waals surface area contributed by atoms with Crippen molar-refractivity contribution in [2.45, 2.75) is 32.8 Å². The zero-order valence-corrected chi connectivity index (χ0v) is 14.6. The first-order valence-electron chi connectivity index (χ1n) is 7.54. The molecule has 0 atom stereocenters. The Morgan fingerprint density at radius 3 is 2.65 bits per heavy atom. The molecule has 2 saturated heterocycles. The summed E-state index contributed by atoms with van der Waals surface area (Å²) in [5, 5.41) is 3.39. The molecule has 0 saturated carbocycles. The summed E-state index contributed by atoms with van der Waals surface area (Å²) in [6.07, 6.45) is 3.11. The van der Waals surface area contributed by atoms with Crippen LogP contribution in [-0.2, 0) is 0 Å². The molecule has 23 heavy (non-hydrogen) atoms. The second kappa shape index (κ2) is 7.32. The minimum Gasteiger partial charge on any atom is -0.433 e. The van der Waals surface area contributed by atoms with Gasteiger partial charge in [0.2, 0.25) is 0 Å². The molecule has 3 rings (SSSR count). The first kappa shape index (κ1) is 18.4. The molecule has 2 fully saturated rings. The van der Waals surface area contributed by atoms with Crippen LogP contribution in [0.3, 0.4) is 0 Å². The molecule has 0 unspecified atom stereocenters. The minimum absolute atomic E-state index is 0. The maximum absolute atomic E-state index is 12.6. The summed E-state index contributed by atoms with van der Waals surface area (Å²) in [6.45, 7) is 2.32. The predicted molar refractivity (Wildman–Crippen MR) is 88.0 cm³/mol. The van der Waals surface area contributed by atoms with Crippen molar-refractivity contribution < 1.29 is 18.3 Å². The van der Waals surface area contributed by atoms with Crippen LogP contribution in [0.4, 0.5) is 8.78 Å². The molecule has 1 spiro atoms. The zero-order chi connectivity index (χ0) is 15.7. The van der Waals surface area contributed by atoms with Crippen molar-refractivity contribution >= 4 is 29.7 Å². The third kappa shape index (κ3) is 3.95. The fourth-order valence-corrected chi connectivity index (χ4v) is 4.29. The molecule has 1 aromatic heterocycles. The third-order valence-electron chi connectivity index (χ3n) is 4.67. The van der Waals surface area contributed by atoms with E-state index in [2.05, 4.69) is 10.1 Å². The lowest BCUT2D eigenvalue weighted by Crippen LogP contribution is -2.43. The van der Waals surface area contributed by atoms with Crippen molar-refractivity contribution in [1.82, 2.24) is 10.2 Å². The van der Waals surface area contributed by atoms with Crippen LogP contribution < -0.4 is 10.1 Å². The van der Waals surface area contributed by atoms with E-state index >= 15 is 0 Å². The van der Waals surface area contributed by atoms with E-state index in [0.29, 0.717) is 23.4 Å². The van der Waals surface area contributed by atoms with Crippen LogP contribution in [0.1, 0.15) is 33.8 Å². The van der Waals surface area contributed by atoms with Gasteiger partial charge in [-0.3, -0.25) is 4.79 Å². The number of nitrogens with zero attached hydrogens (tertiary/aromatic N) is 1. The van der Waals surface area contributed by atoms with E-state index in [1.165, 1.54) is 17.4 Å². The summed E-state index contributed by atoms with van der Waals surface area (Å²) in [4.78, 5) is 15.5. The Labute approximate surface area is 144 Å². The number of piperidine rings is 1. The topological polar surface area (TPSA) is 41.6 Å². The molecule has 4 nitrogen and oxygen atoms in total. The molecule has 0 aromatic carbocycles. The SMILES string of the molecule is Cc1cc(OC(F)F)c(C(=O)N2CCC3(CCNC3)CC2)s1.Cl. The standard InChI is InChI=1S/C15H20F2N2O2S.ClH/c1-10-8-11(21-14(16)17)12(22-10)13(20)19-6-3-15(4-7-19)2-5-18-9-15;/h8,14,18H,2-7,9H2,1H3;1H. The van der Waals surface area contributed by atoms with Crippen molar-refractivity contribution in [3.05, 3.63) is 15.8 Å². The van der Waals surface area contributed by atoms with E-state index < -0.39 is 6.61 Å². The Morgan fingerprint density at radius 2 is 2.09 bits per heavy atom. The predicted octanol–water partition coefficient (Wildman–Crippen LogP) is 3.30. The molecular formula is C15H21ClF2N2O2S. The second-order valence-corrected chi connectivity index (χ2v) is 7.40. The Morgan fingerprint density at radius 1 is 1.39 bits per heavy atom. The van der Waals surface area contributed by atoms with Crippen molar-refractivity contribution in [1.29, 1.82) is 0 Å². The molecule has 2 aliphatic rings. The van der Waals surface area contributed by atoms with E-state index in [-0.39, 0.29) is 24.1 Å². The van der Waals surface area contributed by atoms with Crippen LogP contribution in [0.25, 0.3) is 0 Å². The van der Waals surface area contributed by atoms with Gasteiger partial charge in [-0.05, 0) is 44.2 Å². The highest BCUT2D eigenvalue weighted by molar-refractivity contribution is 7.14. The lowest BCUT2D eigenvalue weighted by atomic mass is 9.78. The second-order valence-electron chi connectivity index (χ2n) is 6.15. The third-order valence-corrected chi connectivity index (χ3v) is 5.69. The molecule has 0 aliphatic carbocycles. The molecular weight excluding hydrogens is 346 g/mol. The van der Waals surface area contributed by atoms with E-state index in [4.69, 9.17) is 0 Å². The van der Waals surface area contributed by atoms with Crippen LogP contribution >= 0.6 is 23.7 Å². The molecule has 1 amide bonds. The van der Waals surface area contributed by atoms with Gasteiger partial charge in [0, 0.05) is 24.5 Å². The Balaban J connectivity index is 0.00000192. The number of hydrogen-bond acceptors (Lipinski definition) is 4. The average molecular weight is 367 g/mol. The largest absolute Gasteiger partial charge is 0.433 e. The highest BCUT2D eigenvalue weighted by atomic mass is 35.5. The zero-order valence-electron chi connectivity index (χ0n) is 12.9. The fourth-order valence-electron chi connectivity index (χ4n) is 3.37. The average Bonchev–Trinajstić information content (AvgIpc) is 3.06. The van der Waals surface area contributed by atoms with Gasteiger partial charge >= 0.3 is 6.61 Å². The van der Waals surface area contributed by atoms with Gasteiger partial charge in [0.05, 0.1) is 0 Å². The highest BCUT2D eigenvalue weighted by Gasteiger charge is 2.38. The molecule has 1 N–H and O–H groups in total. The minimum atomic E-state index is -2.91. The van der Waals surface area contributed by atoms with Gasteiger partial charge in [-0.15, -0.1) is 23.7 Å². The fraction of sp³-hybridized carbons (Fsp3) is 0.667. The number of rotatable bonds is 3. The molecule has 0 radical (unpaired) electrons. The number of nitrogens with one attached hydrogen (secondary N) is 1. The number of hydrogen-bond donors (Lipinski definition) is 1.